The van der Waals surface area contributed by atoms with Crippen LogP contribution < -0.4 is 5.32 Å². The van der Waals surface area contributed by atoms with Crippen molar-refractivity contribution in [1.82, 2.24) is 5.32 Å². The van der Waals surface area contributed by atoms with Gasteiger partial charge in [-0.1, -0.05) is 13.3 Å². The van der Waals surface area contributed by atoms with E-state index in [4.69, 9.17) is 5.11 Å². The van der Waals surface area contributed by atoms with Crippen molar-refractivity contribution in [3.8, 4) is 0 Å². The van der Waals surface area contributed by atoms with Crippen molar-refractivity contribution >= 4 is 23.6 Å². The Bertz CT molecular complexity index is 252. The summed E-state index contributed by atoms with van der Waals surface area (Å²) in [6.07, 6.45) is 2.97. The summed E-state index contributed by atoms with van der Waals surface area (Å²) in [5, 5.41) is 11.6. The molecule has 0 aliphatic carbocycles. The van der Waals surface area contributed by atoms with Gasteiger partial charge in [0.05, 0.1) is 5.25 Å². The molecule has 0 saturated carbocycles. The van der Waals surface area contributed by atoms with E-state index in [0.717, 1.165) is 25.0 Å². The van der Waals surface area contributed by atoms with Gasteiger partial charge in [-0.15, -0.1) is 11.8 Å². The van der Waals surface area contributed by atoms with Crippen LogP contribution in [0.3, 0.4) is 0 Å². The van der Waals surface area contributed by atoms with Crippen molar-refractivity contribution in [3.05, 3.63) is 0 Å². The molecule has 2 unspecified atom stereocenters. The Morgan fingerprint density at radius 3 is 2.81 bits per heavy atom. The van der Waals surface area contributed by atoms with Crippen molar-refractivity contribution in [2.75, 3.05) is 12.3 Å². The number of aliphatic carboxylic acids is 1. The maximum absolute atomic E-state index is 11.7. The quantitative estimate of drug-likeness (QED) is 0.744. The highest BCUT2D eigenvalue weighted by Crippen LogP contribution is 2.26. The molecule has 0 aromatic heterocycles. The van der Waals surface area contributed by atoms with E-state index in [9.17, 15) is 9.59 Å². The number of rotatable bonds is 6. The van der Waals surface area contributed by atoms with Gasteiger partial charge in [0.25, 0.3) is 0 Å². The Balaban J connectivity index is 2.25. The van der Waals surface area contributed by atoms with E-state index < -0.39 is 5.97 Å². The monoisotopic (exact) mass is 245 g/mol. The van der Waals surface area contributed by atoms with Gasteiger partial charge < -0.3 is 10.4 Å². The molecule has 0 spiro atoms. The number of carboxylic acids is 1. The molecule has 1 aliphatic heterocycles. The molecular formula is C11H19NO3S. The van der Waals surface area contributed by atoms with Gasteiger partial charge in [-0.05, 0) is 24.5 Å². The summed E-state index contributed by atoms with van der Waals surface area (Å²) >= 11 is 1.70. The minimum Gasteiger partial charge on any atom is -0.481 e. The van der Waals surface area contributed by atoms with E-state index in [-0.39, 0.29) is 23.5 Å². The lowest BCUT2D eigenvalue weighted by Gasteiger charge is -2.15. The minimum absolute atomic E-state index is 0.0489. The van der Waals surface area contributed by atoms with E-state index in [1.807, 2.05) is 6.92 Å². The molecular weight excluding hydrogens is 226 g/mol. The van der Waals surface area contributed by atoms with Crippen LogP contribution in [0.25, 0.3) is 0 Å². The molecule has 1 fully saturated rings. The lowest BCUT2D eigenvalue weighted by atomic mass is 10.0. The average Bonchev–Trinajstić information content (AvgIpc) is 2.76. The number of carboxylic acid groups (broad SMARTS) is 1. The smallest absolute Gasteiger partial charge is 0.303 e. The first-order valence-electron chi connectivity index (χ1n) is 5.74. The van der Waals surface area contributed by atoms with Crippen LogP contribution in [0.4, 0.5) is 0 Å². The fourth-order valence-electron chi connectivity index (χ4n) is 1.75. The number of amides is 1. The molecule has 5 heteroatoms. The van der Waals surface area contributed by atoms with Gasteiger partial charge >= 0.3 is 5.97 Å². The highest BCUT2D eigenvalue weighted by Gasteiger charge is 2.23. The molecule has 92 valence electrons. The zero-order valence-corrected chi connectivity index (χ0v) is 10.4. The summed E-state index contributed by atoms with van der Waals surface area (Å²) in [5.74, 6) is 0.389. The summed E-state index contributed by atoms with van der Waals surface area (Å²) in [6.45, 7) is 2.43. The molecule has 1 amide bonds. The van der Waals surface area contributed by atoms with Crippen molar-refractivity contribution in [2.24, 2.45) is 5.92 Å². The summed E-state index contributed by atoms with van der Waals surface area (Å²) in [4.78, 5) is 22.2. The zero-order valence-electron chi connectivity index (χ0n) is 9.57. The molecule has 1 saturated heterocycles. The first-order chi connectivity index (χ1) is 7.63. The van der Waals surface area contributed by atoms with Gasteiger partial charge in [0.15, 0.2) is 0 Å². The summed E-state index contributed by atoms with van der Waals surface area (Å²) in [6, 6.07) is 0. The molecule has 16 heavy (non-hydrogen) atoms. The molecule has 0 aromatic carbocycles. The van der Waals surface area contributed by atoms with Crippen LogP contribution >= 0.6 is 11.8 Å². The number of carbonyl (C=O) groups excluding carboxylic acids is 1. The van der Waals surface area contributed by atoms with Crippen LogP contribution in [0, 0.1) is 5.92 Å². The predicted molar refractivity (Wildman–Crippen MR) is 64.5 cm³/mol. The summed E-state index contributed by atoms with van der Waals surface area (Å²) in [7, 11) is 0. The third-order valence-electron chi connectivity index (χ3n) is 2.83. The molecule has 1 rings (SSSR count). The molecule has 1 heterocycles. The Kier molecular flexibility index (Phi) is 5.66. The third kappa shape index (κ3) is 4.43. The lowest BCUT2D eigenvalue weighted by molar-refractivity contribution is -0.138. The number of hydrogen-bond donors (Lipinski definition) is 2. The lowest BCUT2D eigenvalue weighted by Crippen LogP contribution is -2.35. The number of thioether (sulfide) groups is 1. The van der Waals surface area contributed by atoms with Crippen LogP contribution in [0.15, 0.2) is 0 Å². The Morgan fingerprint density at radius 2 is 2.31 bits per heavy atom. The molecule has 2 N–H and O–H groups in total. The van der Waals surface area contributed by atoms with Gasteiger partial charge in [-0.25, -0.2) is 0 Å². The average molecular weight is 245 g/mol. The number of nitrogens with one attached hydrogen (secondary N) is 1. The first-order valence-corrected chi connectivity index (χ1v) is 6.79. The molecule has 0 radical (unpaired) electrons. The zero-order chi connectivity index (χ0) is 12.0. The minimum atomic E-state index is -0.795. The van der Waals surface area contributed by atoms with E-state index in [2.05, 4.69) is 5.32 Å². The Morgan fingerprint density at radius 1 is 1.56 bits per heavy atom. The standard InChI is InChI=1S/C11H19NO3S/c1-2-8(6-10(13)14)7-12-11(15)9-4-3-5-16-9/h8-9H,2-7H2,1H3,(H,12,15)(H,13,14). The van der Waals surface area contributed by atoms with Gasteiger partial charge in [-0.2, -0.15) is 0 Å². The second-order valence-corrected chi connectivity index (χ2v) is 5.43. The van der Waals surface area contributed by atoms with Crippen molar-refractivity contribution in [2.45, 2.75) is 37.9 Å². The first kappa shape index (κ1) is 13.4. The van der Waals surface area contributed by atoms with Crippen LogP contribution in [0.2, 0.25) is 0 Å². The van der Waals surface area contributed by atoms with Crippen LogP contribution in [-0.2, 0) is 9.59 Å². The largest absolute Gasteiger partial charge is 0.481 e. The molecule has 0 bridgehead atoms. The Hall–Kier alpha value is -0.710. The third-order valence-corrected chi connectivity index (χ3v) is 4.20. The normalized spacial score (nSPS) is 21.7. The molecule has 2 atom stereocenters. The van der Waals surface area contributed by atoms with Crippen LogP contribution in [0.5, 0.6) is 0 Å². The fourth-order valence-corrected chi connectivity index (χ4v) is 2.94. The van der Waals surface area contributed by atoms with Crippen LogP contribution in [0.1, 0.15) is 32.6 Å². The Labute approximate surface area is 100 Å². The second-order valence-electron chi connectivity index (χ2n) is 4.12. The molecule has 0 aromatic rings. The van der Waals surface area contributed by atoms with Crippen molar-refractivity contribution in [3.63, 3.8) is 0 Å². The SMILES string of the molecule is CCC(CNC(=O)C1CCCS1)CC(=O)O. The maximum atomic E-state index is 11.7. The highest BCUT2D eigenvalue weighted by atomic mass is 32.2. The van der Waals surface area contributed by atoms with E-state index in [0.29, 0.717) is 6.54 Å². The van der Waals surface area contributed by atoms with Gasteiger partial charge in [0.1, 0.15) is 0 Å². The maximum Gasteiger partial charge on any atom is 0.303 e. The second kappa shape index (κ2) is 6.78. The van der Waals surface area contributed by atoms with E-state index in [1.165, 1.54) is 0 Å². The van der Waals surface area contributed by atoms with Gasteiger partial charge in [0.2, 0.25) is 5.91 Å². The van der Waals surface area contributed by atoms with Crippen molar-refractivity contribution < 1.29 is 14.7 Å². The number of hydrogen-bond acceptors (Lipinski definition) is 3. The highest BCUT2D eigenvalue weighted by molar-refractivity contribution is 8.00. The topological polar surface area (TPSA) is 66.4 Å². The molecule has 4 nitrogen and oxygen atoms in total. The van der Waals surface area contributed by atoms with E-state index >= 15 is 0 Å². The number of carbonyl (C=O) groups is 2. The van der Waals surface area contributed by atoms with Gasteiger partial charge in [-0.3, -0.25) is 9.59 Å². The predicted octanol–water partition coefficient (Wildman–Crippen LogP) is 1.50. The van der Waals surface area contributed by atoms with Gasteiger partial charge in [0, 0.05) is 13.0 Å². The van der Waals surface area contributed by atoms with E-state index in [1.54, 1.807) is 11.8 Å². The fraction of sp³-hybridized carbons (Fsp3) is 0.818. The van der Waals surface area contributed by atoms with Crippen LogP contribution in [-0.4, -0.2) is 34.5 Å². The summed E-state index contributed by atoms with van der Waals surface area (Å²) in [5.41, 5.74) is 0. The summed E-state index contributed by atoms with van der Waals surface area (Å²) < 4.78 is 0. The van der Waals surface area contributed by atoms with Crippen molar-refractivity contribution in [1.29, 1.82) is 0 Å². The molecule has 1 aliphatic rings.